The Morgan fingerprint density at radius 1 is 0.750 bits per heavy atom. The van der Waals surface area contributed by atoms with Gasteiger partial charge < -0.3 is 4.74 Å². The van der Waals surface area contributed by atoms with Crippen LogP contribution in [-0.2, 0) is 11.2 Å². The fraction of sp³-hybridized carbons (Fsp3) is 0.438. The Labute approximate surface area is 213 Å². The van der Waals surface area contributed by atoms with Crippen molar-refractivity contribution in [3.8, 4) is 22.3 Å². The lowest BCUT2D eigenvalue weighted by molar-refractivity contribution is -0.00115. The van der Waals surface area contributed by atoms with Crippen molar-refractivity contribution >= 4 is 0 Å². The van der Waals surface area contributed by atoms with Gasteiger partial charge in [0.2, 0.25) is 0 Å². The number of ether oxygens (including phenoxy) is 1. The molecule has 1 nitrogen and oxygen atoms in total. The zero-order chi connectivity index (χ0) is 25.5. The van der Waals surface area contributed by atoms with Crippen molar-refractivity contribution in [1.82, 2.24) is 0 Å². The fourth-order valence-corrected chi connectivity index (χ4v) is 5.21. The van der Waals surface area contributed by atoms with Crippen LogP contribution in [0.25, 0.3) is 22.3 Å². The largest absolute Gasteiger partial charge is 0.378 e. The Kier molecular flexibility index (Phi) is 9.25. The van der Waals surface area contributed by atoms with Crippen molar-refractivity contribution in [2.45, 2.75) is 83.7 Å². The molecular weight excluding hydrogens is 457 g/mol. The molecule has 0 spiro atoms. The third-order valence-electron chi connectivity index (χ3n) is 7.41. The van der Waals surface area contributed by atoms with Crippen LogP contribution in [-0.4, -0.2) is 12.7 Å². The maximum atomic E-state index is 15.1. The molecule has 1 fully saturated rings. The number of halogens is 3. The van der Waals surface area contributed by atoms with Gasteiger partial charge in [-0.3, -0.25) is 0 Å². The van der Waals surface area contributed by atoms with E-state index in [1.165, 1.54) is 0 Å². The Bertz CT molecular complexity index is 1130. The molecule has 0 bridgehead atoms. The van der Waals surface area contributed by atoms with Gasteiger partial charge in [-0.1, -0.05) is 88.1 Å². The predicted octanol–water partition coefficient (Wildman–Crippen LogP) is 9.62. The highest BCUT2D eigenvalue weighted by atomic mass is 19.2. The van der Waals surface area contributed by atoms with E-state index in [1.54, 1.807) is 42.5 Å². The SMILES string of the molecule is CCCCCCc1ccc(-c2ccc(-c3ccc(C4CCC(CCC)OC4)cc3F)cc2)c(F)c1F. The monoisotopic (exact) mass is 494 g/mol. The maximum absolute atomic E-state index is 15.1. The summed E-state index contributed by atoms with van der Waals surface area (Å²) in [4.78, 5) is 0. The normalized spacial score (nSPS) is 17.9. The summed E-state index contributed by atoms with van der Waals surface area (Å²) in [5, 5.41) is 0. The van der Waals surface area contributed by atoms with E-state index in [9.17, 15) is 8.78 Å². The average molecular weight is 495 g/mol. The highest BCUT2D eigenvalue weighted by Crippen LogP contribution is 2.34. The zero-order valence-electron chi connectivity index (χ0n) is 21.5. The van der Waals surface area contributed by atoms with Crippen LogP contribution in [0.3, 0.4) is 0 Å². The summed E-state index contributed by atoms with van der Waals surface area (Å²) >= 11 is 0. The standard InChI is InChI=1S/C32H37F3O/c1-3-5-6-7-9-24-15-19-29(32(35)31(24)34)23-12-10-22(11-13-23)28-18-16-25(20-30(28)33)26-14-17-27(8-4-2)36-21-26/h10-13,15-16,18-20,26-27H,3-9,14,17,21H2,1-2H3. The van der Waals surface area contributed by atoms with Crippen LogP contribution in [0.2, 0.25) is 0 Å². The summed E-state index contributed by atoms with van der Waals surface area (Å²) in [6.07, 6.45) is 9.18. The lowest BCUT2D eigenvalue weighted by atomic mass is 9.89. The first-order chi connectivity index (χ1) is 17.5. The van der Waals surface area contributed by atoms with Crippen LogP contribution in [0.5, 0.6) is 0 Å². The average Bonchev–Trinajstić information content (AvgIpc) is 2.90. The van der Waals surface area contributed by atoms with Gasteiger partial charge in [0.15, 0.2) is 11.6 Å². The molecule has 0 aromatic heterocycles. The first-order valence-electron chi connectivity index (χ1n) is 13.5. The molecule has 192 valence electrons. The second kappa shape index (κ2) is 12.6. The van der Waals surface area contributed by atoms with Gasteiger partial charge in [-0.15, -0.1) is 0 Å². The molecule has 0 aliphatic carbocycles. The smallest absolute Gasteiger partial charge is 0.166 e. The van der Waals surface area contributed by atoms with Crippen molar-refractivity contribution in [3.05, 3.63) is 83.2 Å². The molecule has 1 heterocycles. The summed E-state index contributed by atoms with van der Waals surface area (Å²) in [7, 11) is 0. The molecule has 4 rings (SSSR count). The summed E-state index contributed by atoms with van der Waals surface area (Å²) in [6, 6.07) is 15.7. The number of rotatable bonds is 10. The maximum Gasteiger partial charge on any atom is 0.166 e. The van der Waals surface area contributed by atoms with Gasteiger partial charge in [0.1, 0.15) is 5.82 Å². The van der Waals surface area contributed by atoms with Crippen LogP contribution in [0.4, 0.5) is 13.2 Å². The van der Waals surface area contributed by atoms with Crippen molar-refractivity contribution in [2.24, 2.45) is 0 Å². The van der Waals surface area contributed by atoms with Crippen LogP contribution in [0, 0.1) is 17.5 Å². The van der Waals surface area contributed by atoms with Gasteiger partial charge >= 0.3 is 0 Å². The van der Waals surface area contributed by atoms with Crippen LogP contribution in [0.1, 0.15) is 82.3 Å². The lowest BCUT2D eigenvalue weighted by Gasteiger charge is -2.29. The van der Waals surface area contributed by atoms with E-state index in [0.29, 0.717) is 41.4 Å². The van der Waals surface area contributed by atoms with Crippen LogP contribution in [0.15, 0.2) is 54.6 Å². The minimum atomic E-state index is -0.817. The van der Waals surface area contributed by atoms with Gasteiger partial charge in [0, 0.05) is 17.0 Å². The molecule has 2 atom stereocenters. The topological polar surface area (TPSA) is 9.23 Å². The Morgan fingerprint density at radius 3 is 2.11 bits per heavy atom. The zero-order valence-corrected chi connectivity index (χ0v) is 21.5. The molecule has 1 saturated heterocycles. The van der Waals surface area contributed by atoms with E-state index in [4.69, 9.17) is 4.74 Å². The molecule has 4 heteroatoms. The molecule has 1 aliphatic rings. The van der Waals surface area contributed by atoms with Crippen molar-refractivity contribution in [2.75, 3.05) is 6.61 Å². The number of unbranched alkanes of at least 4 members (excludes halogenated alkanes) is 3. The molecule has 2 unspecified atom stereocenters. The molecule has 3 aromatic rings. The van der Waals surface area contributed by atoms with E-state index >= 15 is 4.39 Å². The predicted molar refractivity (Wildman–Crippen MR) is 142 cm³/mol. The summed E-state index contributed by atoms with van der Waals surface area (Å²) < 4.78 is 50.6. The number of hydrogen-bond donors (Lipinski definition) is 0. The molecule has 1 aliphatic heterocycles. The third-order valence-corrected chi connectivity index (χ3v) is 7.41. The molecular formula is C32H37F3O. The molecule has 0 amide bonds. The van der Waals surface area contributed by atoms with Crippen LogP contribution >= 0.6 is 0 Å². The second-order valence-corrected chi connectivity index (χ2v) is 10.0. The van der Waals surface area contributed by atoms with Crippen molar-refractivity contribution < 1.29 is 17.9 Å². The highest BCUT2D eigenvalue weighted by molar-refractivity contribution is 5.71. The summed E-state index contributed by atoms with van der Waals surface area (Å²) in [5.41, 5.74) is 3.40. The van der Waals surface area contributed by atoms with Gasteiger partial charge in [-0.25, -0.2) is 13.2 Å². The summed E-state index contributed by atoms with van der Waals surface area (Å²) in [5.74, 6) is -1.64. The Balaban J connectivity index is 1.45. The minimum Gasteiger partial charge on any atom is -0.378 e. The molecule has 0 radical (unpaired) electrons. The third kappa shape index (κ3) is 6.21. The molecule has 0 saturated carbocycles. The van der Waals surface area contributed by atoms with E-state index in [-0.39, 0.29) is 17.3 Å². The summed E-state index contributed by atoms with van der Waals surface area (Å²) in [6.45, 7) is 4.92. The number of aryl methyl sites for hydroxylation is 1. The van der Waals surface area contributed by atoms with Gasteiger partial charge in [-0.05, 0) is 60.4 Å². The quantitative estimate of drug-likeness (QED) is 0.255. The van der Waals surface area contributed by atoms with Gasteiger partial charge in [-0.2, -0.15) is 0 Å². The van der Waals surface area contributed by atoms with Crippen LogP contribution < -0.4 is 0 Å². The van der Waals surface area contributed by atoms with E-state index < -0.39 is 11.6 Å². The minimum absolute atomic E-state index is 0.219. The van der Waals surface area contributed by atoms with Gasteiger partial charge in [0.05, 0.1) is 12.7 Å². The Morgan fingerprint density at radius 2 is 1.47 bits per heavy atom. The first-order valence-corrected chi connectivity index (χ1v) is 13.5. The van der Waals surface area contributed by atoms with E-state index in [1.807, 2.05) is 12.1 Å². The van der Waals surface area contributed by atoms with E-state index in [2.05, 4.69) is 13.8 Å². The number of benzene rings is 3. The first kappa shape index (κ1) is 26.5. The molecule has 0 N–H and O–H groups in total. The van der Waals surface area contributed by atoms with Gasteiger partial charge in [0.25, 0.3) is 0 Å². The Hall–Kier alpha value is -2.59. The van der Waals surface area contributed by atoms with Crippen molar-refractivity contribution in [3.63, 3.8) is 0 Å². The number of hydrogen-bond acceptors (Lipinski definition) is 1. The molecule has 3 aromatic carbocycles. The van der Waals surface area contributed by atoms with E-state index in [0.717, 1.165) is 56.9 Å². The molecule has 36 heavy (non-hydrogen) atoms. The lowest BCUT2D eigenvalue weighted by Crippen LogP contribution is -2.24. The highest BCUT2D eigenvalue weighted by Gasteiger charge is 2.23. The fourth-order valence-electron chi connectivity index (χ4n) is 5.21. The van der Waals surface area contributed by atoms with Crippen molar-refractivity contribution in [1.29, 1.82) is 0 Å². The second-order valence-electron chi connectivity index (χ2n) is 10.0.